The fourth-order valence-corrected chi connectivity index (χ4v) is 2.58. The summed E-state index contributed by atoms with van der Waals surface area (Å²) in [5, 5.41) is 11.9. The van der Waals surface area contributed by atoms with E-state index in [1.807, 2.05) is 25.7 Å². The number of rotatable bonds is 6. The van der Waals surface area contributed by atoms with Crippen LogP contribution in [0.15, 0.2) is 0 Å². The SMILES string of the molecule is CC(C)(C)N(CCC(=O)O)CC(=O)NC1CCCCC1. The van der Waals surface area contributed by atoms with E-state index in [9.17, 15) is 9.59 Å². The standard InChI is InChI=1S/C15H28N2O3/c1-15(2,3)17(10-9-14(19)20)11-13(18)16-12-7-5-4-6-8-12/h12H,4-11H2,1-3H3,(H,16,18)(H,19,20). The number of nitrogens with one attached hydrogen (secondary N) is 1. The van der Waals surface area contributed by atoms with Crippen molar-refractivity contribution in [2.75, 3.05) is 13.1 Å². The maximum absolute atomic E-state index is 12.1. The minimum atomic E-state index is -0.827. The minimum Gasteiger partial charge on any atom is -0.481 e. The molecule has 0 aromatic heterocycles. The van der Waals surface area contributed by atoms with Gasteiger partial charge < -0.3 is 10.4 Å². The molecule has 1 fully saturated rings. The van der Waals surface area contributed by atoms with Gasteiger partial charge in [-0.15, -0.1) is 0 Å². The quantitative estimate of drug-likeness (QED) is 0.783. The van der Waals surface area contributed by atoms with E-state index >= 15 is 0 Å². The summed E-state index contributed by atoms with van der Waals surface area (Å²) in [6, 6.07) is 0.303. The van der Waals surface area contributed by atoms with Crippen LogP contribution in [0.3, 0.4) is 0 Å². The van der Waals surface area contributed by atoms with Crippen LogP contribution >= 0.6 is 0 Å². The van der Waals surface area contributed by atoms with Crippen molar-refractivity contribution < 1.29 is 14.7 Å². The van der Waals surface area contributed by atoms with Crippen LogP contribution in [0.5, 0.6) is 0 Å². The summed E-state index contributed by atoms with van der Waals surface area (Å²) < 4.78 is 0. The van der Waals surface area contributed by atoms with Crippen LogP contribution in [0.25, 0.3) is 0 Å². The molecule has 1 rings (SSSR count). The summed E-state index contributed by atoms with van der Waals surface area (Å²) in [7, 11) is 0. The van der Waals surface area contributed by atoms with E-state index in [-0.39, 0.29) is 24.4 Å². The predicted octanol–water partition coefficient (Wildman–Crippen LogP) is 2.01. The van der Waals surface area contributed by atoms with Gasteiger partial charge in [-0.3, -0.25) is 14.5 Å². The van der Waals surface area contributed by atoms with Crippen LogP contribution in [-0.2, 0) is 9.59 Å². The molecule has 0 aromatic carbocycles. The molecule has 0 heterocycles. The summed E-state index contributed by atoms with van der Waals surface area (Å²) in [5.74, 6) is -0.816. The zero-order valence-corrected chi connectivity index (χ0v) is 12.9. The lowest BCUT2D eigenvalue weighted by Gasteiger charge is -2.35. The lowest BCUT2D eigenvalue weighted by molar-refractivity contribution is -0.138. The third-order valence-corrected chi connectivity index (χ3v) is 3.85. The smallest absolute Gasteiger partial charge is 0.304 e. The number of aliphatic carboxylic acids is 1. The average Bonchev–Trinajstić information content (AvgIpc) is 2.34. The third-order valence-electron chi connectivity index (χ3n) is 3.85. The number of nitrogens with zero attached hydrogens (tertiary/aromatic N) is 1. The van der Waals surface area contributed by atoms with Gasteiger partial charge in [-0.1, -0.05) is 19.3 Å². The Morgan fingerprint density at radius 1 is 1.20 bits per heavy atom. The zero-order valence-electron chi connectivity index (χ0n) is 12.9. The highest BCUT2D eigenvalue weighted by Crippen LogP contribution is 2.18. The molecule has 1 amide bonds. The minimum absolute atomic E-state index is 0.0113. The molecule has 1 saturated carbocycles. The Hall–Kier alpha value is -1.10. The Morgan fingerprint density at radius 2 is 1.80 bits per heavy atom. The second-order valence-corrected chi connectivity index (χ2v) is 6.64. The van der Waals surface area contributed by atoms with Gasteiger partial charge in [-0.05, 0) is 33.6 Å². The molecule has 0 aliphatic heterocycles. The van der Waals surface area contributed by atoms with Gasteiger partial charge in [0.2, 0.25) is 5.91 Å². The topological polar surface area (TPSA) is 69.6 Å². The number of carbonyl (C=O) groups excluding carboxylic acids is 1. The van der Waals surface area contributed by atoms with Gasteiger partial charge in [-0.25, -0.2) is 0 Å². The highest BCUT2D eigenvalue weighted by Gasteiger charge is 2.25. The van der Waals surface area contributed by atoms with E-state index in [0.717, 1.165) is 12.8 Å². The summed E-state index contributed by atoms with van der Waals surface area (Å²) in [4.78, 5) is 24.7. The zero-order chi connectivity index (χ0) is 15.2. The molecule has 0 aromatic rings. The van der Waals surface area contributed by atoms with E-state index in [1.165, 1.54) is 19.3 Å². The van der Waals surface area contributed by atoms with Crippen LogP contribution in [0.4, 0.5) is 0 Å². The van der Waals surface area contributed by atoms with Crippen molar-refractivity contribution in [1.82, 2.24) is 10.2 Å². The number of hydrogen-bond acceptors (Lipinski definition) is 3. The third kappa shape index (κ3) is 6.37. The van der Waals surface area contributed by atoms with Crippen molar-refractivity contribution in [3.63, 3.8) is 0 Å². The van der Waals surface area contributed by atoms with Crippen LogP contribution in [-0.4, -0.2) is 46.6 Å². The molecule has 1 aliphatic rings. The van der Waals surface area contributed by atoms with Gasteiger partial charge in [-0.2, -0.15) is 0 Å². The van der Waals surface area contributed by atoms with Gasteiger partial charge in [0.15, 0.2) is 0 Å². The van der Waals surface area contributed by atoms with E-state index in [0.29, 0.717) is 12.6 Å². The molecular formula is C15H28N2O3. The van der Waals surface area contributed by atoms with Crippen molar-refractivity contribution in [3.8, 4) is 0 Å². The van der Waals surface area contributed by atoms with E-state index in [1.54, 1.807) is 0 Å². The monoisotopic (exact) mass is 284 g/mol. The van der Waals surface area contributed by atoms with Crippen molar-refractivity contribution >= 4 is 11.9 Å². The number of carboxylic acids is 1. The molecule has 5 heteroatoms. The van der Waals surface area contributed by atoms with Gasteiger partial charge in [0.25, 0.3) is 0 Å². The molecule has 116 valence electrons. The highest BCUT2D eigenvalue weighted by molar-refractivity contribution is 5.78. The largest absolute Gasteiger partial charge is 0.481 e. The summed E-state index contributed by atoms with van der Waals surface area (Å²) in [6.45, 7) is 6.68. The Bertz CT molecular complexity index is 331. The lowest BCUT2D eigenvalue weighted by atomic mass is 9.95. The second-order valence-electron chi connectivity index (χ2n) is 6.64. The molecule has 2 N–H and O–H groups in total. The predicted molar refractivity (Wildman–Crippen MR) is 78.6 cm³/mol. The number of amides is 1. The van der Waals surface area contributed by atoms with Crippen molar-refractivity contribution in [3.05, 3.63) is 0 Å². The molecule has 0 unspecified atom stereocenters. The fourth-order valence-electron chi connectivity index (χ4n) is 2.58. The van der Waals surface area contributed by atoms with Crippen molar-refractivity contribution in [2.24, 2.45) is 0 Å². The second kappa shape index (κ2) is 7.62. The first kappa shape index (κ1) is 17.0. The molecule has 5 nitrogen and oxygen atoms in total. The average molecular weight is 284 g/mol. The van der Waals surface area contributed by atoms with Gasteiger partial charge >= 0.3 is 5.97 Å². The molecule has 0 bridgehead atoms. The molecule has 20 heavy (non-hydrogen) atoms. The van der Waals surface area contributed by atoms with Gasteiger partial charge in [0.1, 0.15) is 0 Å². The molecular weight excluding hydrogens is 256 g/mol. The first-order chi connectivity index (χ1) is 9.29. The van der Waals surface area contributed by atoms with Crippen LogP contribution in [0.1, 0.15) is 59.3 Å². The summed E-state index contributed by atoms with van der Waals surface area (Å²) in [5.41, 5.74) is -0.209. The van der Waals surface area contributed by atoms with Crippen LogP contribution in [0, 0.1) is 0 Å². The molecule has 0 radical (unpaired) electrons. The fraction of sp³-hybridized carbons (Fsp3) is 0.867. The molecule has 1 aliphatic carbocycles. The van der Waals surface area contributed by atoms with Crippen molar-refractivity contribution in [1.29, 1.82) is 0 Å². The van der Waals surface area contributed by atoms with Gasteiger partial charge in [0, 0.05) is 18.1 Å². The molecule has 0 spiro atoms. The van der Waals surface area contributed by atoms with Crippen LogP contribution < -0.4 is 5.32 Å². The van der Waals surface area contributed by atoms with Gasteiger partial charge in [0.05, 0.1) is 13.0 Å². The van der Waals surface area contributed by atoms with Crippen molar-refractivity contribution in [2.45, 2.75) is 70.9 Å². The Morgan fingerprint density at radius 3 is 2.30 bits per heavy atom. The van der Waals surface area contributed by atoms with E-state index < -0.39 is 5.97 Å². The Labute approximate surface area is 121 Å². The first-order valence-electron chi connectivity index (χ1n) is 7.55. The molecule has 0 atom stereocenters. The first-order valence-corrected chi connectivity index (χ1v) is 7.55. The summed E-state index contributed by atoms with van der Waals surface area (Å²) >= 11 is 0. The number of carbonyl (C=O) groups is 2. The maximum atomic E-state index is 12.1. The Balaban J connectivity index is 2.46. The van der Waals surface area contributed by atoms with E-state index in [2.05, 4.69) is 5.32 Å². The van der Waals surface area contributed by atoms with Crippen LogP contribution in [0.2, 0.25) is 0 Å². The Kier molecular flexibility index (Phi) is 6.46. The normalized spacial score (nSPS) is 17.2. The molecule has 0 saturated heterocycles. The number of carboxylic acid groups (broad SMARTS) is 1. The lowest BCUT2D eigenvalue weighted by Crippen LogP contribution is -2.49. The highest BCUT2D eigenvalue weighted by atomic mass is 16.4. The van der Waals surface area contributed by atoms with E-state index in [4.69, 9.17) is 5.11 Å². The summed E-state index contributed by atoms with van der Waals surface area (Å²) in [6.07, 6.45) is 5.83. The number of hydrogen-bond donors (Lipinski definition) is 2. The maximum Gasteiger partial charge on any atom is 0.304 e.